The molecule has 0 rings (SSSR count). The lowest BCUT2D eigenvalue weighted by molar-refractivity contribution is 0.0552. The van der Waals surface area contributed by atoms with Crippen LogP contribution in [0.2, 0.25) is 0 Å². The Morgan fingerprint density at radius 3 is 2.13 bits per heavy atom. The van der Waals surface area contributed by atoms with E-state index in [9.17, 15) is 0 Å². The third-order valence-corrected chi connectivity index (χ3v) is 2.60. The van der Waals surface area contributed by atoms with Gasteiger partial charge >= 0.3 is 0 Å². The van der Waals surface area contributed by atoms with Crippen LogP contribution in [0.1, 0.15) is 26.7 Å². The maximum Gasteiger partial charge on any atom is 0.0698 e. The first-order valence-corrected chi connectivity index (χ1v) is 5.83. The second-order valence-electron chi connectivity index (χ2n) is 3.57. The fourth-order valence-corrected chi connectivity index (χ4v) is 1.76. The smallest absolute Gasteiger partial charge is 0.0698 e. The topological polar surface area (TPSA) is 52.9 Å². The number of nitrogens with zero attached hydrogens (tertiary/aromatic N) is 1. The van der Waals surface area contributed by atoms with Crippen molar-refractivity contribution >= 4 is 0 Å². The first kappa shape index (κ1) is 14.8. The highest BCUT2D eigenvalue weighted by atomic mass is 16.5. The Morgan fingerprint density at radius 2 is 1.67 bits per heavy atom. The number of hydrogen-bond donors (Lipinski definition) is 2. The van der Waals surface area contributed by atoms with Gasteiger partial charge in [0.15, 0.2) is 0 Å². The van der Waals surface area contributed by atoms with Crippen molar-refractivity contribution in [1.82, 2.24) is 4.90 Å². The van der Waals surface area contributed by atoms with Crippen molar-refractivity contribution in [1.29, 1.82) is 0 Å². The molecule has 0 aromatic carbocycles. The van der Waals surface area contributed by atoms with E-state index in [1.54, 1.807) is 0 Å². The minimum absolute atomic E-state index is 0.0744. The van der Waals surface area contributed by atoms with Gasteiger partial charge in [-0.2, -0.15) is 0 Å². The predicted octanol–water partition coefficient (Wildman–Crippen LogP) is 0.478. The maximum atomic E-state index is 8.96. The van der Waals surface area contributed by atoms with Gasteiger partial charge in [0.2, 0.25) is 0 Å². The number of ether oxygens (including phenoxy) is 1. The fraction of sp³-hybridized carbons (Fsp3) is 1.00. The van der Waals surface area contributed by atoms with E-state index in [0.717, 1.165) is 19.4 Å². The lowest BCUT2D eigenvalue weighted by atomic mass is 10.1. The summed E-state index contributed by atoms with van der Waals surface area (Å²) >= 11 is 0. The standard InChI is InChI=1S/C11H25NO3/c1-3-11(4-2)12(5-7-13)6-9-15-10-8-14/h11,13-14H,3-10H2,1-2H3. The minimum Gasteiger partial charge on any atom is -0.395 e. The molecule has 0 bridgehead atoms. The lowest BCUT2D eigenvalue weighted by Crippen LogP contribution is -2.39. The molecule has 0 aliphatic carbocycles. The Morgan fingerprint density at radius 1 is 1.00 bits per heavy atom. The van der Waals surface area contributed by atoms with Crippen LogP contribution >= 0.6 is 0 Å². The number of aliphatic hydroxyl groups excluding tert-OH is 2. The van der Waals surface area contributed by atoms with E-state index in [-0.39, 0.29) is 13.2 Å². The summed E-state index contributed by atoms with van der Waals surface area (Å²) in [4.78, 5) is 2.25. The van der Waals surface area contributed by atoms with Crippen LogP contribution in [0.15, 0.2) is 0 Å². The van der Waals surface area contributed by atoms with Crippen LogP contribution in [0.25, 0.3) is 0 Å². The molecule has 2 N–H and O–H groups in total. The molecule has 0 aromatic heterocycles. The third-order valence-electron chi connectivity index (χ3n) is 2.60. The highest BCUT2D eigenvalue weighted by Crippen LogP contribution is 2.07. The van der Waals surface area contributed by atoms with Crippen molar-refractivity contribution in [3.8, 4) is 0 Å². The van der Waals surface area contributed by atoms with E-state index in [1.165, 1.54) is 0 Å². The van der Waals surface area contributed by atoms with Crippen molar-refractivity contribution in [3.05, 3.63) is 0 Å². The van der Waals surface area contributed by atoms with Crippen LogP contribution in [-0.4, -0.2) is 60.7 Å². The van der Waals surface area contributed by atoms with Crippen LogP contribution in [0.4, 0.5) is 0 Å². The van der Waals surface area contributed by atoms with Gasteiger partial charge in [0.1, 0.15) is 0 Å². The molecule has 0 amide bonds. The molecular formula is C11H25NO3. The molecule has 0 unspecified atom stereocenters. The lowest BCUT2D eigenvalue weighted by Gasteiger charge is -2.29. The van der Waals surface area contributed by atoms with Gasteiger partial charge in [-0.15, -0.1) is 0 Å². The zero-order chi connectivity index (χ0) is 11.5. The highest BCUT2D eigenvalue weighted by molar-refractivity contribution is 4.68. The molecule has 0 radical (unpaired) electrons. The largest absolute Gasteiger partial charge is 0.395 e. The first-order chi connectivity index (χ1) is 7.29. The van der Waals surface area contributed by atoms with Crippen LogP contribution in [0.3, 0.4) is 0 Å². The maximum absolute atomic E-state index is 8.96. The van der Waals surface area contributed by atoms with E-state index < -0.39 is 0 Å². The molecule has 0 fully saturated rings. The van der Waals surface area contributed by atoms with E-state index in [0.29, 0.717) is 25.8 Å². The molecule has 0 heterocycles. The minimum atomic E-state index is 0.0744. The Labute approximate surface area is 92.9 Å². The van der Waals surface area contributed by atoms with E-state index in [4.69, 9.17) is 14.9 Å². The molecule has 0 saturated heterocycles. The molecule has 0 aromatic rings. The third kappa shape index (κ3) is 6.84. The molecule has 0 aliphatic rings. The summed E-state index contributed by atoms with van der Waals surface area (Å²) in [7, 11) is 0. The zero-order valence-electron chi connectivity index (χ0n) is 9.98. The summed E-state index contributed by atoms with van der Waals surface area (Å²) < 4.78 is 5.23. The summed E-state index contributed by atoms with van der Waals surface area (Å²) in [5, 5.41) is 17.5. The van der Waals surface area contributed by atoms with Crippen LogP contribution in [0, 0.1) is 0 Å². The Hall–Kier alpha value is -0.160. The van der Waals surface area contributed by atoms with Crippen LogP contribution in [-0.2, 0) is 4.74 Å². The van der Waals surface area contributed by atoms with Crippen molar-refractivity contribution in [2.45, 2.75) is 32.7 Å². The average Bonchev–Trinajstić information content (AvgIpc) is 2.26. The van der Waals surface area contributed by atoms with Gasteiger partial charge in [0.25, 0.3) is 0 Å². The molecule has 4 nitrogen and oxygen atoms in total. The van der Waals surface area contributed by atoms with E-state index >= 15 is 0 Å². The Bertz CT molecular complexity index is 129. The van der Waals surface area contributed by atoms with Gasteiger partial charge in [-0.05, 0) is 12.8 Å². The van der Waals surface area contributed by atoms with Gasteiger partial charge in [-0.25, -0.2) is 0 Å². The van der Waals surface area contributed by atoms with Crippen molar-refractivity contribution in [2.24, 2.45) is 0 Å². The van der Waals surface area contributed by atoms with Gasteiger partial charge in [0, 0.05) is 19.1 Å². The van der Waals surface area contributed by atoms with Crippen molar-refractivity contribution in [3.63, 3.8) is 0 Å². The fourth-order valence-electron chi connectivity index (χ4n) is 1.76. The highest BCUT2D eigenvalue weighted by Gasteiger charge is 2.13. The monoisotopic (exact) mass is 219 g/mol. The summed E-state index contributed by atoms with van der Waals surface area (Å²) in [6.45, 7) is 7.14. The number of hydrogen-bond acceptors (Lipinski definition) is 4. The SMILES string of the molecule is CCC(CC)N(CCO)CCOCCO. The van der Waals surface area contributed by atoms with Gasteiger partial charge < -0.3 is 14.9 Å². The Balaban J connectivity index is 3.80. The van der Waals surface area contributed by atoms with Gasteiger partial charge in [0.05, 0.1) is 26.4 Å². The number of rotatable bonds is 10. The Kier molecular flexibility index (Phi) is 10.3. The van der Waals surface area contributed by atoms with Crippen LogP contribution in [0.5, 0.6) is 0 Å². The summed E-state index contributed by atoms with van der Waals surface area (Å²) in [5.41, 5.74) is 0. The second-order valence-corrected chi connectivity index (χ2v) is 3.57. The van der Waals surface area contributed by atoms with Crippen molar-refractivity contribution in [2.75, 3.05) is 39.5 Å². The molecule has 0 aliphatic heterocycles. The van der Waals surface area contributed by atoms with E-state index in [1.807, 2.05) is 0 Å². The molecule has 4 heteroatoms. The second kappa shape index (κ2) is 10.4. The average molecular weight is 219 g/mol. The quantitative estimate of drug-likeness (QED) is 0.525. The predicted molar refractivity (Wildman–Crippen MR) is 60.9 cm³/mol. The molecule has 92 valence electrons. The molecule has 0 saturated carbocycles. The van der Waals surface area contributed by atoms with Crippen molar-refractivity contribution < 1.29 is 14.9 Å². The van der Waals surface area contributed by atoms with Gasteiger partial charge in [-0.3, -0.25) is 4.90 Å². The van der Waals surface area contributed by atoms with E-state index in [2.05, 4.69) is 18.7 Å². The molecular weight excluding hydrogens is 194 g/mol. The normalized spacial score (nSPS) is 11.6. The summed E-state index contributed by atoms with van der Waals surface area (Å²) in [6, 6.07) is 0.523. The molecule has 0 spiro atoms. The zero-order valence-corrected chi connectivity index (χ0v) is 9.98. The first-order valence-electron chi connectivity index (χ1n) is 5.83. The van der Waals surface area contributed by atoms with Crippen LogP contribution < -0.4 is 0 Å². The molecule has 0 atom stereocenters. The summed E-state index contributed by atoms with van der Waals surface area (Å²) in [5.74, 6) is 0. The van der Waals surface area contributed by atoms with Gasteiger partial charge in [-0.1, -0.05) is 13.8 Å². The molecule has 15 heavy (non-hydrogen) atoms. The number of aliphatic hydroxyl groups is 2. The summed E-state index contributed by atoms with van der Waals surface area (Å²) in [6.07, 6.45) is 2.19.